The van der Waals surface area contributed by atoms with E-state index in [0.29, 0.717) is 13.0 Å². The first-order chi connectivity index (χ1) is 25.2. The van der Waals surface area contributed by atoms with Crippen molar-refractivity contribution in [3.05, 3.63) is 0 Å². The molecule has 0 radical (unpaired) electrons. The van der Waals surface area contributed by atoms with Crippen molar-refractivity contribution < 1.29 is 44.5 Å². The molecule has 310 valence electrons. The lowest BCUT2D eigenvalue weighted by molar-refractivity contribution is -0.301. The average molecular weight is 749 g/mol. The number of ether oxygens (including phenoxy) is 3. The van der Waals surface area contributed by atoms with Gasteiger partial charge in [0, 0.05) is 19.8 Å². The molecule has 2 aliphatic rings. The van der Waals surface area contributed by atoms with E-state index in [1.54, 1.807) is 0 Å². The molecule has 0 aliphatic carbocycles. The Labute approximate surface area is 315 Å². The van der Waals surface area contributed by atoms with Crippen molar-refractivity contribution in [2.24, 2.45) is 17.6 Å². The Hall–Kier alpha value is -1.13. The number of hydrogen-bond acceptors (Lipinski definition) is 11. The molecule has 2 rings (SSSR count). The number of rotatable bonds is 30. The average Bonchev–Trinajstić information content (AvgIpc) is 3.67. The summed E-state index contributed by atoms with van der Waals surface area (Å²) in [5.41, 5.74) is 2.02. The second kappa shape index (κ2) is 33.2. The lowest BCUT2D eigenvalue weighted by atomic mass is 9.99. The van der Waals surface area contributed by atoms with Crippen LogP contribution in [0.4, 0.5) is 4.79 Å². The van der Waals surface area contributed by atoms with Gasteiger partial charge in [-0.05, 0) is 38.0 Å². The number of carbonyl (C=O) groups excluding carboxylic acids is 1. The lowest BCUT2D eigenvalue weighted by Crippen LogP contribution is -2.59. The predicted octanol–water partition coefficient (Wildman–Crippen LogP) is 5.33. The third-order valence-electron chi connectivity index (χ3n) is 10.4. The number of hydrazine groups is 2. The van der Waals surface area contributed by atoms with Crippen LogP contribution in [0.5, 0.6) is 0 Å². The predicted molar refractivity (Wildman–Crippen MR) is 205 cm³/mol. The van der Waals surface area contributed by atoms with Crippen LogP contribution >= 0.6 is 0 Å². The number of carbonyl (C=O) groups is 1. The van der Waals surface area contributed by atoms with Gasteiger partial charge < -0.3 is 39.7 Å². The Morgan fingerprint density at radius 3 is 1.85 bits per heavy atom. The van der Waals surface area contributed by atoms with Gasteiger partial charge in [-0.25, -0.2) is 16.5 Å². The highest BCUT2D eigenvalue weighted by molar-refractivity contribution is 5.72. The first-order valence-electron chi connectivity index (χ1n) is 21.0. The molecule has 0 saturated carbocycles. The van der Waals surface area contributed by atoms with Crippen molar-refractivity contribution in [3.8, 4) is 0 Å². The summed E-state index contributed by atoms with van der Waals surface area (Å²) in [6.07, 6.45) is 23.7. The van der Waals surface area contributed by atoms with Gasteiger partial charge in [0.05, 0.1) is 19.3 Å². The van der Waals surface area contributed by atoms with Gasteiger partial charge in [0.15, 0.2) is 6.29 Å². The number of nitrogens with one attached hydrogen (secondary N) is 1. The minimum atomic E-state index is -1.44. The maximum absolute atomic E-state index is 11.0. The van der Waals surface area contributed by atoms with Crippen LogP contribution in [0.15, 0.2) is 0 Å². The maximum Gasteiger partial charge on any atom is 0.345 e. The molecule has 0 aromatic rings. The molecule has 2 aliphatic heterocycles. The van der Waals surface area contributed by atoms with Gasteiger partial charge in [-0.3, -0.25) is 10.4 Å². The Bertz CT molecular complexity index is 810. The van der Waals surface area contributed by atoms with E-state index in [1.807, 2.05) is 5.43 Å². The number of nitrogens with zero attached hydrogens (tertiary/aromatic N) is 1. The van der Waals surface area contributed by atoms with Crippen LogP contribution in [-0.2, 0) is 14.2 Å². The molecule has 7 atom stereocenters. The quantitative estimate of drug-likeness (QED) is 0.0204. The molecule has 52 heavy (non-hydrogen) atoms. The summed E-state index contributed by atoms with van der Waals surface area (Å²) in [4.78, 5) is 11.0. The third kappa shape index (κ3) is 24.3. The molecule has 13 nitrogen and oxygen atoms in total. The number of aliphatic hydroxyl groups is 5. The molecule has 13 heteroatoms. The van der Waals surface area contributed by atoms with Crippen LogP contribution in [0.1, 0.15) is 167 Å². The fourth-order valence-electron chi connectivity index (χ4n) is 6.84. The van der Waals surface area contributed by atoms with E-state index in [4.69, 9.17) is 25.9 Å². The molecule has 0 bridgehead atoms. The topological polar surface area (TPSA) is 213 Å². The van der Waals surface area contributed by atoms with Gasteiger partial charge in [-0.1, -0.05) is 135 Å². The Morgan fingerprint density at radius 2 is 1.33 bits per heavy atom. The van der Waals surface area contributed by atoms with Crippen LogP contribution < -0.4 is 17.1 Å². The molecule has 7 unspecified atom stereocenters. The summed E-state index contributed by atoms with van der Waals surface area (Å²) in [7, 11) is 0. The van der Waals surface area contributed by atoms with Gasteiger partial charge >= 0.3 is 6.03 Å². The molecule has 0 spiro atoms. The number of hydrogen-bond donors (Lipinski definition) is 8. The smallest absolute Gasteiger partial charge is 0.345 e. The number of nitrogens with two attached hydrogens (primary N) is 2. The minimum Gasteiger partial charge on any atom is -0.394 e. The first-order valence-corrected chi connectivity index (χ1v) is 21.0. The van der Waals surface area contributed by atoms with Crippen LogP contribution in [0.2, 0.25) is 0 Å². The summed E-state index contributed by atoms with van der Waals surface area (Å²) in [5.74, 6) is 11.3. The largest absolute Gasteiger partial charge is 0.394 e. The zero-order valence-corrected chi connectivity index (χ0v) is 32.7. The molecule has 0 aromatic carbocycles. The lowest BCUT2D eigenvalue weighted by Gasteiger charge is -2.39. The summed E-state index contributed by atoms with van der Waals surface area (Å²) in [5, 5.41) is 49.8. The van der Waals surface area contributed by atoms with E-state index in [2.05, 4.69) is 6.92 Å². The van der Waals surface area contributed by atoms with Crippen molar-refractivity contribution in [2.75, 3.05) is 33.0 Å². The van der Waals surface area contributed by atoms with Crippen LogP contribution in [0.25, 0.3) is 0 Å². The van der Waals surface area contributed by atoms with Crippen molar-refractivity contribution in [1.29, 1.82) is 0 Å². The number of unbranched alkanes of at least 4 members (excludes halogenated alkanes) is 19. The molecule has 10 N–H and O–H groups in total. The van der Waals surface area contributed by atoms with Crippen molar-refractivity contribution >= 4 is 6.03 Å². The third-order valence-corrected chi connectivity index (χ3v) is 10.4. The molecule has 2 fully saturated rings. The molecular formula is C39H80N4O9. The number of aliphatic hydroxyl groups excluding tert-OH is 5. The van der Waals surface area contributed by atoms with Crippen molar-refractivity contribution in [2.45, 2.75) is 204 Å². The molecule has 0 aromatic heterocycles. The van der Waals surface area contributed by atoms with E-state index >= 15 is 0 Å². The van der Waals surface area contributed by atoms with E-state index in [9.17, 15) is 30.3 Å². The second-order valence-corrected chi connectivity index (χ2v) is 15.0. The van der Waals surface area contributed by atoms with Crippen molar-refractivity contribution in [1.82, 2.24) is 10.4 Å². The van der Waals surface area contributed by atoms with E-state index in [1.165, 1.54) is 122 Å². The van der Waals surface area contributed by atoms with Gasteiger partial charge in [-0.15, -0.1) is 0 Å². The Balaban J connectivity index is 0.000000560. The zero-order valence-electron chi connectivity index (χ0n) is 32.7. The maximum atomic E-state index is 11.0. The van der Waals surface area contributed by atoms with Gasteiger partial charge in [0.2, 0.25) is 0 Å². The SMILES string of the molecule is CCCCCCCCCCCCCCCC(O)CCOC1OC(CO)C(O)C(O)C1O.NNC(=O)N(N)CCCCCCCCCCC1CCOC1. The zero-order chi connectivity index (χ0) is 38.2. The summed E-state index contributed by atoms with van der Waals surface area (Å²) >= 11 is 0. The van der Waals surface area contributed by atoms with Crippen LogP contribution in [0.3, 0.4) is 0 Å². The highest BCUT2D eigenvalue weighted by Crippen LogP contribution is 2.23. The standard InChI is InChI=1S/C24H48O7.C15H32N4O2/c1-2-3-4-5-6-7-8-9-10-11-12-13-14-15-19(26)16-17-30-24-23(29)22(28)21(27)20(18-25)31-24;16-18-15(20)19(17)11-8-6-4-2-1-3-5-7-9-14-10-12-21-13-14/h19-29H,2-18H2,1H3;14H,1-13,16-17H2,(H,18,20). The van der Waals surface area contributed by atoms with Gasteiger partial charge in [-0.2, -0.15) is 0 Å². The van der Waals surface area contributed by atoms with Gasteiger partial charge in [0.1, 0.15) is 24.4 Å². The number of amides is 2. The molecule has 2 saturated heterocycles. The monoisotopic (exact) mass is 749 g/mol. The summed E-state index contributed by atoms with van der Waals surface area (Å²) < 4.78 is 16.1. The summed E-state index contributed by atoms with van der Waals surface area (Å²) in [6.45, 7) is 4.46. The molecular weight excluding hydrogens is 668 g/mol. The highest BCUT2D eigenvalue weighted by atomic mass is 16.7. The van der Waals surface area contributed by atoms with Crippen LogP contribution in [0, 0.1) is 5.92 Å². The normalized spacial score (nSPS) is 23.6. The number of urea groups is 1. The fraction of sp³-hybridized carbons (Fsp3) is 0.974. The fourth-order valence-corrected chi connectivity index (χ4v) is 6.84. The second-order valence-electron chi connectivity index (χ2n) is 15.0. The first kappa shape index (κ1) is 48.9. The van der Waals surface area contributed by atoms with Gasteiger partial charge in [0.25, 0.3) is 0 Å². The minimum absolute atomic E-state index is 0.169. The summed E-state index contributed by atoms with van der Waals surface area (Å²) in [6, 6.07) is -0.428. The highest BCUT2D eigenvalue weighted by Gasteiger charge is 2.44. The molecule has 2 amide bonds. The Kier molecular flexibility index (Phi) is 31.2. The van der Waals surface area contributed by atoms with E-state index < -0.39 is 49.4 Å². The van der Waals surface area contributed by atoms with E-state index in [-0.39, 0.29) is 6.61 Å². The van der Waals surface area contributed by atoms with E-state index in [0.717, 1.165) is 56.2 Å². The van der Waals surface area contributed by atoms with Crippen molar-refractivity contribution in [3.63, 3.8) is 0 Å². The molecule has 2 heterocycles. The Morgan fingerprint density at radius 1 is 0.788 bits per heavy atom. The van der Waals surface area contributed by atoms with Crippen LogP contribution in [-0.4, -0.2) is 106 Å².